The number of thiocarbonyl (C=S) groups is 1. The van der Waals surface area contributed by atoms with Crippen LogP contribution in [0.25, 0.3) is 0 Å². The van der Waals surface area contributed by atoms with Crippen molar-refractivity contribution in [2.75, 3.05) is 7.11 Å². The molecule has 16 heavy (non-hydrogen) atoms. The summed E-state index contributed by atoms with van der Waals surface area (Å²) in [4.78, 5) is 0. The number of hydrazone groups is 1. The molecule has 0 amide bonds. The van der Waals surface area contributed by atoms with Crippen LogP contribution in [0.5, 0.6) is 5.75 Å². The number of nitrogens with zero attached hydrogens (tertiary/aromatic N) is 1. The summed E-state index contributed by atoms with van der Waals surface area (Å²) in [5.74, 6) is -2.29. The van der Waals surface area contributed by atoms with Crippen LogP contribution in [0.15, 0.2) is 17.2 Å². The average Bonchev–Trinajstić information content (AvgIpc) is 2.24. The number of methoxy groups -OCH3 is 1. The molecule has 3 N–H and O–H groups in total. The largest absolute Gasteiger partial charge is 0.494 e. The fourth-order valence-electron chi connectivity index (χ4n) is 0.969. The van der Waals surface area contributed by atoms with E-state index < -0.39 is 11.6 Å². The second kappa shape index (κ2) is 5.36. The van der Waals surface area contributed by atoms with Gasteiger partial charge in [0.2, 0.25) is 5.82 Å². The summed E-state index contributed by atoms with van der Waals surface area (Å²) >= 11 is 4.47. The van der Waals surface area contributed by atoms with Crippen molar-refractivity contribution in [3.05, 3.63) is 29.3 Å². The third-order valence-electron chi connectivity index (χ3n) is 1.68. The highest BCUT2D eigenvalue weighted by Crippen LogP contribution is 2.21. The summed E-state index contributed by atoms with van der Waals surface area (Å²) < 4.78 is 31.2. The molecule has 0 unspecified atom stereocenters. The molecule has 4 nitrogen and oxygen atoms in total. The fourth-order valence-corrected chi connectivity index (χ4v) is 1.02. The van der Waals surface area contributed by atoms with Gasteiger partial charge in [-0.1, -0.05) is 0 Å². The quantitative estimate of drug-likeness (QED) is 0.476. The summed E-state index contributed by atoms with van der Waals surface area (Å²) in [5, 5.41) is 3.45. The Balaban J connectivity index is 2.94. The minimum atomic E-state index is -1.07. The Bertz CT molecular complexity index is 437. The minimum Gasteiger partial charge on any atom is -0.494 e. The van der Waals surface area contributed by atoms with E-state index in [2.05, 4.69) is 27.5 Å². The van der Waals surface area contributed by atoms with Crippen LogP contribution in [0.4, 0.5) is 8.78 Å². The van der Waals surface area contributed by atoms with Gasteiger partial charge in [-0.15, -0.1) is 0 Å². The van der Waals surface area contributed by atoms with Crippen LogP contribution >= 0.6 is 12.2 Å². The van der Waals surface area contributed by atoms with E-state index >= 15 is 0 Å². The maximum absolute atomic E-state index is 13.3. The van der Waals surface area contributed by atoms with E-state index in [1.807, 2.05) is 0 Å². The molecule has 0 fully saturated rings. The van der Waals surface area contributed by atoms with E-state index in [1.165, 1.54) is 19.2 Å². The van der Waals surface area contributed by atoms with Crippen molar-refractivity contribution in [2.45, 2.75) is 0 Å². The second-order valence-electron chi connectivity index (χ2n) is 2.72. The molecule has 1 rings (SSSR count). The number of benzene rings is 1. The van der Waals surface area contributed by atoms with E-state index in [0.29, 0.717) is 0 Å². The molecule has 0 aliphatic heterocycles. The molecule has 0 aliphatic rings. The van der Waals surface area contributed by atoms with Gasteiger partial charge in [0, 0.05) is 5.56 Å². The van der Waals surface area contributed by atoms with Gasteiger partial charge in [0.05, 0.1) is 13.3 Å². The normalized spacial score (nSPS) is 10.4. The van der Waals surface area contributed by atoms with Crippen LogP contribution in [0.3, 0.4) is 0 Å². The number of nitrogens with two attached hydrogens (primary N) is 1. The van der Waals surface area contributed by atoms with Crippen LogP contribution < -0.4 is 15.9 Å². The zero-order valence-corrected chi connectivity index (χ0v) is 9.15. The number of nitrogens with one attached hydrogen (secondary N) is 1. The second-order valence-corrected chi connectivity index (χ2v) is 3.16. The predicted molar refractivity (Wildman–Crippen MR) is 60.4 cm³/mol. The molecule has 0 spiro atoms. The molecule has 1 aromatic carbocycles. The van der Waals surface area contributed by atoms with Gasteiger partial charge in [0.15, 0.2) is 16.7 Å². The lowest BCUT2D eigenvalue weighted by molar-refractivity contribution is 0.371. The fraction of sp³-hybridized carbons (Fsp3) is 0.111. The van der Waals surface area contributed by atoms with Crippen molar-refractivity contribution in [3.8, 4) is 5.75 Å². The van der Waals surface area contributed by atoms with Crippen LogP contribution in [-0.4, -0.2) is 18.4 Å². The molecule has 0 atom stereocenters. The summed E-state index contributed by atoms with van der Waals surface area (Å²) in [5.41, 5.74) is 7.28. The first-order valence-electron chi connectivity index (χ1n) is 4.16. The van der Waals surface area contributed by atoms with Crippen molar-refractivity contribution in [2.24, 2.45) is 10.8 Å². The zero-order chi connectivity index (χ0) is 12.1. The summed E-state index contributed by atoms with van der Waals surface area (Å²) in [6.07, 6.45) is 1.07. The standard InChI is InChI=1S/C9H9F2N3OS/c1-15-6-3-2-5(7(10)8(6)11)4-13-14-9(12)16/h2-4H,1H3,(H3,12,14,16). The molecular formula is C9H9F2N3OS. The van der Waals surface area contributed by atoms with Gasteiger partial charge in [-0.25, -0.2) is 4.39 Å². The third kappa shape index (κ3) is 2.86. The lowest BCUT2D eigenvalue weighted by Gasteiger charge is -2.04. The monoisotopic (exact) mass is 245 g/mol. The van der Waals surface area contributed by atoms with Crippen molar-refractivity contribution in [1.82, 2.24) is 5.43 Å². The smallest absolute Gasteiger partial charge is 0.201 e. The first-order valence-corrected chi connectivity index (χ1v) is 4.57. The van der Waals surface area contributed by atoms with E-state index in [-0.39, 0.29) is 16.4 Å². The van der Waals surface area contributed by atoms with Gasteiger partial charge < -0.3 is 10.5 Å². The van der Waals surface area contributed by atoms with Gasteiger partial charge >= 0.3 is 0 Å². The first kappa shape index (κ1) is 12.3. The zero-order valence-electron chi connectivity index (χ0n) is 8.33. The van der Waals surface area contributed by atoms with Gasteiger partial charge in [0.1, 0.15) is 0 Å². The number of rotatable bonds is 3. The van der Waals surface area contributed by atoms with Gasteiger partial charge in [-0.05, 0) is 24.4 Å². The van der Waals surface area contributed by atoms with Crippen LogP contribution in [0.1, 0.15) is 5.56 Å². The first-order chi connectivity index (χ1) is 7.56. The highest BCUT2D eigenvalue weighted by molar-refractivity contribution is 7.80. The molecule has 1 aromatic rings. The predicted octanol–water partition coefficient (Wildman–Crippen LogP) is 1.14. The van der Waals surface area contributed by atoms with Gasteiger partial charge in [0.25, 0.3) is 0 Å². The highest BCUT2D eigenvalue weighted by atomic mass is 32.1. The van der Waals surface area contributed by atoms with Gasteiger partial charge in [-0.2, -0.15) is 9.49 Å². The Labute approximate surface area is 96.1 Å². The van der Waals surface area contributed by atoms with Crippen molar-refractivity contribution in [1.29, 1.82) is 0 Å². The van der Waals surface area contributed by atoms with Gasteiger partial charge in [-0.3, -0.25) is 5.43 Å². The Morgan fingerprint density at radius 2 is 2.19 bits per heavy atom. The minimum absolute atomic E-state index is 0.0398. The average molecular weight is 245 g/mol. The molecule has 7 heteroatoms. The summed E-state index contributed by atoms with van der Waals surface area (Å²) in [7, 11) is 1.25. The van der Waals surface area contributed by atoms with E-state index in [4.69, 9.17) is 5.73 Å². The molecular weight excluding hydrogens is 236 g/mol. The Morgan fingerprint density at radius 3 is 2.75 bits per heavy atom. The van der Waals surface area contributed by atoms with E-state index in [1.54, 1.807) is 0 Å². The SMILES string of the molecule is COc1ccc(C=NNC(N)=S)c(F)c1F. The van der Waals surface area contributed by atoms with Crippen LogP contribution in [-0.2, 0) is 0 Å². The Hall–Kier alpha value is -1.76. The molecule has 0 heterocycles. The van der Waals surface area contributed by atoms with E-state index in [0.717, 1.165) is 6.21 Å². The van der Waals surface area contributed by atoms with Crippen LogP contribution in [0.2, 0.25) is 0 Å². The molecule has 0 aliphatic carbocycles. The molecule has 0 saturated carbocycles. The Morgan fingerprint density at radius 1 is 1.50 bits per heavy atom. The van der Waals surface area contributed by atoms with Crippen molar-refractivity contribution < 1.29 is 13.5 Å². The van der Waals surface area contributed by atoms with E-state index in [9.17, 15) is 8.78 Å². The summed E-state index contributed by atoms with van der Waals surface area (Å²) in [6, 6.07) is 2.61. The number of ether oxygens (including phenoxy) is 1. The number of hydrogen-bond donors (Lipinski definition) is 2. The third-order valence-corrected chi connectivity index (χ3v) is 1.77. The van der Waals surface area contributed by atoms with Crippen LogP contribution in [0, 0.1) is 11.6 Å². The molecule has 0 aromatic heterocycles. The number of halogens is 2. The Kier molecular flexibility index (Phi) is 4.12. The molecule has 0 saturated heterocycles. The van der Waals surface area contributed by atoms with Crippen molar-refractivity contribution >= 4 is 23.5 Å². The van der Waals surface area contributed by atoms with Crippen molar-refractivity contribution in [3.63, 3.8) is 0 Å². The molecule has 0 bridgehead atoms. The molecule has 86 valence electrons. The lowest BCUT2D eigenvalue weighted by atomic mass is 10.2. The maximum atomic E-state index is 13.3. The summed E-state index contributed by atoms with van der Waals surface area (Å²) in [6.45, 7) is 0. The molecule has 0 radical (unpaired) electrons. The maximum Gasteiger partial charge on any atom is 0.201 e. The number of hydrogen-bond acceptors (Lipinski definition) is 3. The highest BCUT2D eigenvalue weighted by Gasteiger charge is 2.12. The lowest BCUT2D eigenvalue weighted by Crippen LogP contribution is -2.24. The topological polar surface area (TPSA) is 59.6 Å².